The Morgan fingerprint density at radius 2 is 2.00 bits per heavy atom. The fourth-order valence-corrected chi connectivity index (χ4v) is 2.53. The quantitative estimate of drug-likeness (QED) is 0.350. The molecule has 0 aliphatic carbocycles. The van der Waals surface area contributed by atoms with Crippen LogP contribution in [0, 0.1) is 19.5 Å². The molecule has 0 aliphatic rings. The molecule has 0 bridgehead atoms. The minimum Gasteiger partial charge on any atom is -0.491 e. The van der Waals surface area contributed by atoms with E-state index in [1.807, 2.05) is 19.0 Å². The molecule has 27 heavy (non-hydrogen) atoms. The Hall–Kier alpha value is -2.47. The van der Waals surface area contributed by atoms with Crippen LogP contribution in [0.2, 0.25) is 0 Å². The van der Waals surface area contributed by atoms with Gasteiger partial charge in [0.05, 0.1) is 14.2 Å². The van der Waals surface area contributed by atoms with Crippen molar-refractivity contribution in [1.29, 1.82) is 0 Å². The smallest absolute Gasteiger partial charge is 0.323 e. The summed E-state index contributed by atoms with van der Waals surface area (Å²) >= 11 is 2.12. The van der Waals surface area contributed by atoms with Crippen molar-refractivity contribution in [3.05, 3.63) is 55.9 Å². The van der Waals surface area contributed by atoms with E-state index in [-0.39, 0.29) is 11.4 Å². The number of anilines is 2. The van der Waals surface area contributed by atoms with Gasteiger partial charge in [-0.15, -0.1) is 0 Å². The number of non-ortho nitro benzene ring substituents is 1. The lowest BCUT2D eigenvalue weighted by atomic mass is 10.2. The predicted octanol–water partition coefficient (Wildman–Crippen LogP) is 3.92. The Balaban J connectivity index is 2.05. The Morgan fingerprint density at radius 3 is 2.67 bits per heavy atom. The molecule has 0 saturated carbocycles. The first-order chi connectivity index (χ1) is 12.8. The first-order valence-electron chi connectivity index (χ1n) is 7.85. The van der Waals surface area contributed by atoms with Gasteiger partial charge in [0.1, 0.15) is 18.2 Å². The minimum atomic E-state index is -0.772. The molecular formula is C17H18FIN4O4. The summed E-state index contributed by atoms with van der Waals surface area (Å²) in [7, 11) is 3.87. The Bertz CT molecular complexity index is 848. The number of carbonyl (C=O) groups is 1. The molecule has 0 fully saturated rings. The normalized spacial score (nSPS) is 10.6. The van der Waals surface area contributed by atoms with Crippen LogP contribution in [0.1, 0.15) is 0 Å². The van der Waals surface area contributed by atoms with E-state index < -0.39 is 16.8 Å². The molecule has 0 heterocycles. The molecule has 0 saturated heterocycles. The fourth-order valence-electron chi connectivity index (χ4n) is 2.04. The van der Waals surface area contributed by atoms with E-state index in [4.69, 9.17) is 4.74 Å². The first-order valence-corrected chi connectivity index (χ1v) is 8.93. The molecule has 0 aliphatic heterocycles. The number of hydrogen-bond donors (Lipinski definition) is 2. The zero-order valence-electron chi connectivity index (χ0n) is 14.7. The van der Waals surface area contributed by atoms with Gasteiger partial charge in [0.25, 0.3) is 5.69 Å². The van der Waals surface area contributed by atoms with Crippen molar-refractivity contribution in [3.63, 3.8) is 0 Å². The molecule has 8 nitrogen and oxygen atoms in total. The summed E-state index contributed by atoms with van der Waals surface area (Å²) in [5.74, 6) is -0.164. The predicted molar refractivity (Wildman–Crippen MR) is 109 cm³/mol. The van der Waals surface area contributed by atoms with E-state index in [1.165, 1.54) is 0 Å². The highest BCUT2D eigenvalue weighted by Gasteiger charge is 2.13. The summed E-state index contributed by atoms with van der Waals surface area (Å²) in [6.07, 6.45) is 0. The topological polar surface area (TPSA) is 96.7 Å². The highest BCUT2D eigenvalue weighted by atomic mass is 127. The zero-order valence-corrected chi connectivity index (χ0v) is 16.8. The number of nitro benzene ring substituents is 1. The average Bonchev–Trinajstić information content (AvgIpc) is 2.59. The number of nitro groups is 1. The maximum absolute atomic E-state index is 13.8. The third-order valence-corrected chi connectivity index (χ3v) is 4.29. The maximum atomic E-state index is 13.8. The second-order valence-corrected chi connectivity index (χ2v) is 6.96. The lowest BCUT2D eigenvalue weighted by Crippen LogP contribution is -2.21. The van der Waals surface area contributed by atoms with Gasteiger partial charge in [0.2, 0.25) is 0 Å². The number of likely N-dealkylation sites (N-methyl/N-ethyl adjacent to an activating group) is 1. The maximum Gasteiger partial charge on any atom is 0.323 e. The summed E-state index contributed by atoms with van der Waals surface area (Å²) < 4.78 is 20.3. The van der Waals surface area contributed by atoms with E-state index in [2.05, 4.69) is 33.2 Å². The molecular weight excluding hydrogens is 470 g/mol. The van der Waals surface area contributed by atoms with Gasteiger partial charge in [-0.3, -0.25) is 10.1 Å². The number of nitrogens with zero attached hydrogens (tertiary/aromatic N) is 2. The molecule has 0 unspecified atom stereocenters. The van der Waals surface area contributed by atoms with Crippen molar-refractivity contribution in [2.24, 2.45) is 0 Å². The van der Waals surface area contributed by atoms with Crippen LogP contribution in [0.3, 0.4) is 0 Å². The van der Waals surface area contributed by atoms with E-state index in [0.717, 1.165) is 28.3 Å². The number of halogens is 2. The number of hydrogen-bond acceptors (Lipinski definition) is 5. The van der Waals surface area contributed by atoms with Crippen molar-refractivity contribution in [2.45, 2.75) is 0 Å². The lowest BCUT2D eigenvalue weighted by molar-refractivity contribution is -0.384. The summed E-state index contributed by atoms with van der Waals surface area (Å²) in [5, 5.41) is 15.6. The van der Waals surface area contributed by atoms with Crippen LogP contribution in [-0.4, -0.2) is 43.1 Å². The third kappa shape index (κ3) is 6.32. The van der Waals surface area contributed by atoms with Crippen LogP contribution in [0.4, 0.5) is 26.2 Å². The second kappa shape index (κ2) is 9.46. The van der Waals surface area contributed by atoms with Crippen LogP contribution >= 0.6 is 22.6 Å². The van der Waals surface area contributed by atoms with E-state index in [9.17, 15) is 19.3 Å². The molecule has 2 amide bonds. The van der Waals surface area contributed by atoms with Gasteiger partial charge in [-0.2, -0.15) is 0 Å². The van der Waals surface area contributed by atoms with Crippen molar-refractivity contribution in [1.82, 2.24) is 4.90 Å². The van der Waals surface area contributed by atoms with E-state index in [0.29, 0.717) is 18.0 Å². The van der Waals surface area contributed by atoms with E-state index in [1.54, 1.807) is 18.2 Å². The van der Waals surface area contributed by atoms with Gasteiger partial charge in [-0.1, -0.05) is 0 Å². The molecule has 0 aromatic heterocycles. The minimum absolute atomic E-state index is 0.283. The highest BCUT2D eigenvalue weighted by Crippen LogP contribution is 2.26. The van der Waals surface area contributed by atoms with Crippen LogP contribution < -0.4 is 15.4 Å². The summed E-state index contributed by atoms with van der Waals surface area (Å²) in [4.78, 5) is 24.2. The largest absolute Gasteiger partial charge is 0.491 e. The molecule has 0 radical (unpaired) electrons. The third-order valence-electron chi connectivity index (χ3n) is 3.39. The van der Waals surface area contributed by atoms with Crippen molar-refractivity contribution in [2.75, 3.05) is 37.9 Å². The fraction of sp³-hybridized carbons (Fsp3) is 0.235. The molecule has 2 aromatic carbocycles. The summed E-state index contributed by atoms with van der Waals surface area (Å²) in [6.45, 7) is 1.22. The van der Waals surface area contributed by atoms with Gasteiger partial charge in [-0.05, 0) is 54.9 Å². The Morgan fingerprint density at radius 1 is 1.26 bits per heavy atom. The van der Waals surface area contributed by atoms with Crippen molar-refractivity contribution >= 4 is 45.7 Å². The molecule has 2 rings (SSSR count). The number of benzene rings is 2. The van der Waals surface area contributed by atoms with Crippen molar-refractivity contribution in [3.8, 4) is 5.75 Å². The number of urea groups is 1. The molecule has 0 spiro atoms. The van der Waals surface area contributed by atoms with Gasteiger partial charge in [0.15, 0.2) is 0 Å². The van der Waals surface area contributed by atoms with Gasteiger partial charge in [-0.25, -0.2) is 9.18 Å². The number of ether oxygens (including phenoxy) is 1. The van der Waals surface area contributed by atoms with E-state index >= 15 is 0 Å². The van der Waals surface area contributed by atoms with Crippen molar-refractivity contribution < 1.29 is 18.8 Å². The lowest BCUT2D eigenvalue weighted by Gasteiger charge is -2.14. The van der Waals surface area contributed by atoms with Gasteiger partial charge < -0.3 is 20.3 Å². The van der Waals surface area contributed by atoms with Crippen LogP contribution in [0.25, 0.3) is 0 Å². The first kappa shape index (κ1) is 20.8. The molecule has 0 atom stereocenters. The number of carbonyl (C=O) groups excluding carboxylic acids is 1. The second-order valence-electron chi connectivity index (χ2n) is 5.80. The summed E-state index contributed by atoms with van der Waals surface area (Å²) in [6, 6.07) is 7.28. The molecule has 2 aromatic rings. The molecule has 10 heteroatoms. The average molecular weight is 488 g/mol. The number of nitrogens with one attached hydrogen (secondary N) is 2. The monoisotopic (exact) mass is 488 g/mol. The molecule has 144 valence electrons. The van der Waals surface area contributed by atoms with Crippen LogP contribution in [-0.2, 0) is 0 Å². The SMILES string of the molecule is CN(C)CCOc1cc(NC(=O)Nc2cc([N+](=O)[O-])ccc2F)ccc1I. The number of rotatable bonds is 7. The van der Waals surface area contributed by atoms with Gasteiger partial charge in [0, 0.05) is 30.4 Å². The highest BCUT2D eigenvalue weighted by molar-refractivity contribution is 14.1. The standard InChI is InChI=1S/C17H18FIN4O4/c1-22(2)7-8-27-16-9-11(3-6-14(16)19)20-17(24)21-15-10-12(23(25)26)4-5-13(15)18/h3-6,9-10H,7-8H2,1-2H3,(H2,20,21,24). The van der Waals surface area contributed by atoms with Crippen LogP contribution in [0.15, 0.2) is 36.4 Å². The number of amides is 2. The van der Waals surface area contributed by atoms with Crippen LogP contribution in [0.5, 0.6) is 5.75 Å². The Labute approximate surface area is 169 Å². The molecule has 2 N–H and O–H groups in total. The summed E-state index contributed by atoms with van der Waals surface area (Å²) in [5.41, 5.74) is -0.161. The van der Waals surface area contributed by atoms with Gasteiger partial charge >= 0.3 is 6.03 Å². The Kier molecular flexibility index (Phi) is 7.30. The zero-order chi connectivity index (χ0) is 20.0.